The fraction of sp³-hybridized carbons (Fsp3) is 0.444. The number of rotatable bonds is 5. The summed E-state index contributed by atoms with van der Waals surface area (Å²) in [5, 5.41) is 4.40. The lowest BCUT2D eigenvalue weighted by Crippen LogP contribution is -2.22. The van der Waals surface area contributed by atoms with Crippen molar-refractivity contribution in [1.82, 2.24) is 9.78 Å². The van der Waals surface area contributed by atoms with Gasteiger partial charge in [0.2, 0.25) is 0 Å². The zero-order valence-corrected chi connectivity index (χ0v) is 17.8. The Hall–Kier alpha value is -1.14. The van der Waals surface area contributed by atoms with Gasteiger partial charge in [0.1, 0.15) is 5.75 Å². The average Bonchev–Trinajstić information content (AvgIpc) is 2.73. The molecule has 0 N–H and O–H groups in total. The second-order valence-corrected chi connectivity index (χ2v) is 8.15. The zero-order valence-electron chi connectivity index (χ0n) is 14.6. The number of hydrogen-bond acceptors (Lipinski definition) is 3. The normalized spacial score (nSPS) is 11.2. The SMILES string of the molecule is Cc1cc(Br)cc(Br)c1OCC(=O)n1nc(C)c(CC(C)C)c1C. The van der Waals surface area contributed by atoms with Crippen molar-refractivity contribution >= 4 is 37.8 Å². The number of nitrogens with zero attached hydrogens (tertiary/aromatic N) is 2. The van der Waals surface area contributed by atoms with Crippen LogP contribution in [0.2, 0.25) is 0 Å². The third-order valence-electron chi connectivity index (χ3n) is 3.82. The Morgan fingerprint density at radius 3 is 2.50 bits per heavy atom. The number of halogens is 2. The Kier molecular flexibility index (Phi) is 6.26. The molecule has 4 nitrogen and oxygen atoms in total. The molecule has 0 atom stereocenters. The number of carbonyl (C=O) groups is 1. The highest BCUT2D eigenvalue weighted by molar-refractivity contribution is 9.11. The third kappa shape index (κ3) is 4.28. The van der Waals surface area contributed by atoms with Crippen LogP contribution in [0.3, 0.4) is 0 Å². The van der Waals surface area contributed by atoms with Crippen molar-refractivity contribution in [2.75, 3.05) is 6.61 Å². The average molecular weight is 458 g/mol. The lowest BCUT2D eigenvalue weighted by atomic mass is 10.0. The molecule has 0 aliphatic rings. The summed E-state index contributed by atoms with van der Waals surface area (Å²) >= 11 is 6.91. The summed E-state index contributed by atoms with van der Waals surface area (Å²) in [7, 11) is 0. The van der Waals surface area contributed by atoms with Gasteiger partial charge in [0.05, 0.1) is 10.2 Å². The molecule has 0 saturated carbocycles. The van der Waals surface area contributed by atoms with E-state index in [-0.39, 0.29) is 12.5 Å². The highest BCUT2D eigenvalue weighted by Crippen LogP contribution is 2.32. The molecule has 6 heteroatoms. The van der Waals surface area contributed by atoms with Crippen molar-refractivity contribution in [2.45, 2.75) is 41.0 Å². The Morgan fingerprint density at radius 2 is 1.92 bits per heavy atom. The maximum Gasteiger partial charge on any atom is 0.284 e. The highest BCUT2D eigenvalue weighted by atomic mass is 79.9. The summed E-state index contributed by atoms with van der Waals surface area (Å²) in [6.07, 6.45) is 0.920. The van der Waals surface area contributed by atoms with E-state index in [0.717, 1.165) is 37.9 Å². The highest BCUT2D eigenvalue weighted by Gasteiger charge is 2.18. The van der Waals surface area contributed by atoms with Crippen molar-refractivity contribution < 1.29 is 9.53 Å². The van der Waals surface area contributed by atoms with E-state index in [9.17, 15) is 4.79 Å². The molecular weight excluding hydrogens is 436 g/mol. The van der Waals surface area contributed by atoms with Gasteiger partial charge in [-0.15, -0.1) is 0 Å². The maximum absolute atomic E-state index is 12.5. The summed E-state index contributed by atoms with van der Waals surface area (Å²) in [6, 6.07) is 3.85. The molecule has 130 valence electrons. The van der Waals surface area contributed by atoms with Crippen molar-refractivity contribution in [3.8, 4) is 5.75 Å². The molecular formula is C18H22Br2N2O2. The molecule has 0 unspecified atom stereocenters. The van der Waals surface area contributed by atoms with Crippen molar-refractivity contribution in [3.05, 3.63) is 43.6 Å². The first-order chi connectivity index (χ1) is 11.2. The largest absolute Gasteiger partial charge is 0.482 e. The molecule has 2 aromatic rings. The Balaban J connectivity index is 2.17. The number of hydrogen-bond donors (Lipinski definition) is 0. The molecule has 1 aromatic heterocycles. The van der Waals surface area contributed by atoms with Gasteiger partial charge in [-0.1, -0.05) is 29.8 Å². The lowest BCUT2D eigenvalue weighted by molar-refractivity contribution is 0.0817. The van der Waals surface area contributed by atoms with Gasteiger partial charge in [0.15, 0.2) is 6.61 Å². The minimum Gasteiger partial charge on any atom is -0.482 e. The molecule has 1 aromatic carbocycles. The van der Waals surface area contributed by atoms with E-state index in [2.05, 4.69) is 50.8 Å². The van der Waals surface area contributed by atoms with Gasteiger partial charge >= 0.3 is 0 Å². The number of benzene rings is 1. The number of carbonyl (C=O) groups excluding carboxylic acids is 1. The van der Waals surface area contributed by atoms with E-state index in [1.165, 1.54) is 4.68 Å². The molecule has 0 fully saturated rings. The predicted octanol–water partition coefficient (Wildman–Crippen LogP) is 5.25. The van der Waals surface area contributed by atoms with Crippen LogP contribution in [0.1, 0.15) is 41.2 Å². The predicted molar refractivity (Wildman–Crippen MR) is 103 cm³/mol. The Bertz CT molecular complexity index is 744. The van der Waals surface area contributed by atoms with Crippen LogP contribution in [0.25, 0.3) is 0 Å². The topological polar surface area (TPSA) is 44.1 Å². The van der Waals surface area contributed by atoms with Crippen LogP contribution < -0.4 is 4.74 Å². The molecule has 1 heterocycles. The molecule has 24 heavy (non-hydrogen) atoms. The van der Waals surface area contributed by atoms with E-state index in [0.29, 0.717) is 11.7 Å². The van der Waals surface area contributed by atoms with Crippen LogP contribution in [0.4, 0.5) is 0 Å². The summed E-state index contributed by atoms with van der Waals surface area (Å²) in [6.45, 7) is 10.1. The van der Waals surface area contributed by atoms with Crippen molar-refractivity contribution in [2.24, 2.45) is 5.92 Å². The minimum atomic E-state index is -0.167. The standard InChI is InChI=1S/C18H22Br2N2O2/c1-10(2)6-15-12(4)21-22(13(15)5)17(23)9-24-18-11(3)7-14(19)8-16(18)20/h7-8,10H,6,9H2,1-5H3. The molecule has 0 amide bonds. The van der Waals surface area contributed by atoms with Crippen LogP contribution in [0, 0.1) is 26.7 Å². The van der Waals surface area contributed by atoms with Gasteiger partial charge in [-0.3, -0.25) is 4.79 Å². The molecule has 0 saturated heterocycles. The van der Waals surface area contributed by atoms with Crippen LogP contribution >= 0.6 is 31.9 Å². The van der Waals surface area contributed by atoms with Crippen molar-refractivity contribution in [1.29, 1.82) is 0 Å². The lowest BCUT2D eigenvalue weighted by Gasteiger charge is -2.12. The molecule has 0 aliphatic carbocycles. The minimum absolute atomic E-state index is 0.0514. The first-order valence-corrected chi connectivity index (χ1v) is 9.46. The van der Waals surface area contributed by atoms with E-state index in [4.69, 9.17) is 4.74 Å². The number of ether oxygens (including phenoxy) is 1. The van der Waals surface area contributed by atoms with Crippen LogP contribution in [-0.2, 0) is 6.42 Å². The van der Waals surface area contributed by atoms with Crippen LogP contribution in [0.5, 0.6) is 5.75 Å². The molecule has 0 bridgehead atoms. The summed E-state index contributed by atoms with van der Waals surface area (Å²) < 4.78 is 8.99. The van der Waals surface area contributed by atoms with E-state index in [1.54, 1.807) is 0 Å². The van der Waals surface area contributed by atoms with Gasteiger partial charge in [0.25, 0.3) is 5.91 Å². The van der Waals surface area contributed by atoms with Crippen molar-refractivity contribution in [3.63, 3.8) is 0 Å². The third-order valence-corrected chi connectivity index (χ3v) is 4.87. The van der Waals surface area contributed by atoms with Gasteiger partial charge in [-0.2, -0.15) is 5.10 Å². The molecule has 2 rings (SSSR count). The Labute approximate surface area is 159 Å². The summed E-state index contributed by atoms with van der Waals surface area (Å²) in [4.78, 5) is 12.5. The maximum atomic E-state index is 12.5. The number of aromatic nitrogens is 2. The van der Waals surface area contributed by atoms with Gasteiger partial charge < -0.3 is 4.74 Å². The second kappa shape index (κ2) is 7.83. The zero-order chi connectivity index (χ0) is 18.0. The first kappa shape index (κ1) is 19.2. The van der Waals surface area contributed by atoms with E-state index >= 15 is 0 Å². The molecule has 0 aliphatic heterocycles. The fourth-order valence-corrected chi connectivity index (χ4v) is 4.24. The number of aryl methyl sites for hydroxylation is 2. The van der Waals surface area contributed by atoms with Crippen LogP contribution in [0.15, 0.2) is 21.1 Å². The summed E-state index contributed by atoms with van der Waals surface area (Å²) in [5.41, 5.74) is 3.93. The first-order valence-electron chi connectivity index (χ1n) is 7.87. The fourth-order valence-electron chi connectivity index (χ4n) is 2.69. The summed E-state index contributed by atoms with van der Waals surface area (Å²) in [5.74, 6) is 1.03. The van der Waals surface area contributed by atoms with Gasteiger partial charge in [-0.05, 0) is 72.3 Å². The van der Waals surface area contributed by atoms with Gasteiger partial charge in [-0.25, -0.2) is 4.68 Å². The monoisotopic (exact) mass is 456 g/mol. The second-order valence-electron chi connectivity index (χ2n) is 6.38. The smallest absolute Gasteiger partial charge is 0.284 e. The van der Waals surface area contributed by atoms with Gasteiger partial charge in [0, 0.05) is 10.2 Å². The van der Waals surface area contributed by atoms with E-state index in [1.807, 2.05) is 32.9 Å². The Morgan fingerprint density at radius 1 is 1.25 bits per heavy atom. The molecule has 0 radical (unpaired) electrons. The van der Waals surface area contributed by atoms with Crippen LogP contribution in [-0.4, -0.2) is 22.3 Å². The van der Waals surface area contributed by atoms with E-state index < -0.39 is 0 Å². The molecule has 0 spiro atoms. The quantitative estimate of drug-likeness (QED) is 0.615.